The molecule has 0 saturated carbocycles. The van der Waals surface area contributed by atoms with E-state index in [0.29, 0.717) is 22.7 Å². The molecule has 1 spiro atoms. The van der Waals surface area contributed by atoms with Gasteiger partial charge >= 0.3 is 0 Å². The van der Waals surface area contributed by atoms with Crippen molar-refractivity contribution in [2.75, 3.05) is 24.6 Å². The molecular formula is C15H17N3O3. The van der Waals surface area contributed by atoms with Crippen LogP contribution in [0.3, 0.4) is 0 Å². The molecule has 6 heteroatoms. The maximum Gasteiger partial charge on any atom is 0.298 e. The number of primary amides is 1. The largest absolute Gasteiger partial charge is 0.423 e. The zero-order valence-corrected chi connectivity index (χ0v) is 11.7. The number of oxazole rings is 1. The van der Waals surface area contributed by atoms with Gasteiger partial charge in [-0.05, 0) is 31.4 Å². The molecule has 0 aliphatic carbocycles. The summed E-state index contributed by atoms with van der Waals surface area (Å²) >= 11 is 0. The predicted octanol–water partition coefficient (Wildman–Crippen LogP) is 1.69. The quantitative estimate of drug-likeness (QED) is 0.909. The fourth-order valence-corrected chi connectivity index (χ4v) is 3.16. The summed E-state index contributed by atoms with van der Waals surface area (Å²) in [5.74, 6) is -0.485. The molecule has 0 radical (unpaired) electrons. The summed E-state index contributed by atoms with van der Waals surface area (Å²) in [4.78, 5) is 18.0. The molecule has 2 fully saturated rings. The van der Waals surface area contributed by atoms with Gasteiger partial charge in [0.05, 0.1) is 17.8 Å². The van der Waals surface area contributed by atoms with Crippen LogP contribution in [-0.4, -0.2) is 36.2 Å². The normalized spacial score (nSPS) is 20.7. The number of hydrogen-bond donors (Lipinski definition) is 1. The van der Waals surface area contributed by atoms with E-state index < -0.39 is 5.91 Å². The molecule has 6 nitrogen and oxygen atoms in total. The van der Waals surface area contributed by atoms with Gasteiger partial charge in [-0.1, -0.05) is 6.07 Å². The number of anilines is 1. The number of rotatable bonds is 2. The molecule has 2 saturated heterocycles. The highest BCUT2D eigenvalue weighted by molar-refractivity contribution is 6.03. The summed E-state index contributed by atoms with van der Waals surface area (Å²) in [6.45, 7) is 2.60. The van der Waals surface area contributed by atoms with Gasteiger partial charge in [0.25, 0.3) is 11.9 Å². The third kappa shape index (κ3) is 1.98. The van der Waals surface area contributed by atoms with Gasteiger partial charge < -0.3 is 19.8 Å². The summed E-state index contributed by atoms with van der Waals surface area (Å²) in [6, 6.07) is 5.79. The number of carbonyl (C=O) groups excluding carboxylic acids is 1. The van der Waals surface area contributed by atoms with E-state index in [1.54, 1.807) is 18.2 Å². The minimum Gasteiger partial charge on any atom is -0.423 e. The molecule has 1 amide bonds. The zero-order valence-electron chi connectivity index (χ0n) is 11.7. The lowest BCUT2D eigenvalue weighted by Gasteiger charge is -2.47. The van der Waals surface area contributed by atoms with Crippen molar-refractivity contribution >= 4 is 23.0 Å². The Kier molecular flexibility index (Phi) is 2.68. The number of nitrogens with two attached hydrogens (primary N) is 1. The van der Waals surface area contributed by atoms with E-state index in [2.05, 4.69) is 9.88 Å². The highest BCUT2D eigenvalue weighted by atomic mass is 16.5. The van der Waals surface area contributed by atoms with Gasteiger partial charge in [0.1, 0.15) is 5.52 Å². The molecule has 1 aromatic heterocycles. The lowest BCUT2D eigenvalue weighted by molar-refractivity contribution is -0.158. The number of carbonyl (C=O) groups is 1. The number of aromatic nitrogens is 1. The number of amides is 1. The lowest BCUT2D eigenvalue weighted by Crippen LogP contribution is -2.52. The Morgan fingerprint density at radius 3 is 2.67 bits per heavy atom. The maximum atomic E-state index is 11.4. The number of ether oxygens (including phenoxy) is 1. The van der Waals surface area contributed by atoms with Crippen LogP contribution >= 0.6 is 0 Å². The van der Waals surface area contributed by atoms with Crippen LogP contribution in [0.5, 0.6) is 0 Å². The van der Waals surface area contributed by atoms with Crippen molar-refractivity contribution < 1.29 is 13.9 Å². The van der Waals surface area contributed by atoms with Crippen molar-refractivity contribution in [3.8, 4) is 0 Å². The van der Waals surface area contributed by atoms with Crippen LogP contribution < -0.4 is 10.6 Å². The fourth-order valence-electron chi connectivity index (χ4n) is 3.16. The smallest absolute Gasteiger partial charge is 0.298 e. The average molecular weight is 287 g/mol. The molecular weight excluding hydrogens is 270 g/mol. The van der Waals surface area contributed by atoms with Crippen LogP contribution in [0.1, 0.15) is 29.6 Å². The van der Waals surface area contributed by atoms with Crippen molar-refractivity contribution in [1.29, 1.82) is 0 Å². The molecule has 1 aromatic carbocycles. The van der Waals surface area contributed by atoms with Crippen LogP contribution in [0.2, 0.25) is 0 Å². The van der Waals surface area contributed by atoms with Gasteiger partial charge in [0.2, 0.25) is 0 Å². The van der Waals surface area contributed by atoms with Gasteiger partial charge in [-0.25, -0.2) is 0 Å². The first-order valence-corrected chi connectivity index (χ1v) is 7.25. The summed E-state index contributed by atoms with van der Waals surface area (Å²) in [5.41, 5.74) is 7.02. The van der Waals surface area contributed by atoms with Gasteiger partial charge in [-0.15, -0.1) is 0 Å². The van der Waals surface area contributed by atoms with Gasteiger partial charge in [-0.3, -0.25) is 4.79 Å². The SMILES string of the molecule is NC(=O)c1cccc2oc(N3CCC4(CCO4)CC3)nc12. The second kappa shape index (κ2) is 4.46. The molecule has 0 atom stereocenters. The molecule has 4 rings (SSSR count). The Balaban J connectivity index is 1.62. The number of piperidine rings is 1. The Hall–Kier alpha value is -2.08. The third-order valence-corrected chi connectivity index (χ3v) is 4.58. The lowest BCUT2D eigenvalue weighted by atomic mass is 9.84. The number of benzene rings is 1. The first kappa shape index (κ1) is 12.6. The molecule has 0 unspecified atom stereocenters. The Morgan fingerprint density at radius 1 is 1.29 bits per heavy atom. The summed E-state index contributed by atoms with van der Waals surface area (Å²) < 4.78 is 11.5. The number of fused-ring (bicyclic) bond motifs is 1. The van der Waals surface area contributed by atoms with Crippen LogP contribution in [0.4, 0.5) is 6.01 Å². The predicted molar refractivity (Wildman–Crippen MR) is 77.3 cm³/mol. The third-order valence-electron chi connectivity index (χ3n) is 4.58. The monoisotopic (exact) mass is 287 g/mol. The highest BCUT2D eigenvalue weighted by Gasteiger charge is 2.41. The Bertz CT molecular complexity index is 695. The maximum absolute atomic E-state index is 11.4. The molecule has 2 aliphatic heterocycles. The van der Waals surface area contributed by atoms with E-state index in [9.17, 15) is 4.79 Å². The fraction of sp³-hybridized carbons (Fsp3) is 0.467. The van der Waals surface area contributed by atoms with Crippen LogP contribution in [-0.2, 0) is 4.74 Å². The number of nitrogens with zero attached hydrogens (tertiary/aromatic N) is 2. The topological polar surface area (TPSA) is 81.6 Å². The number of hydrogen-bond acceptors (Lipinski definition) is 5. The number of para-hydroxylation sites is 1. The molecule has 2 aromatic rings. The zero-order chi connectivity index (χ0) is 14.4. The van der Waals surface area contributed by atoms with E-state index in [4.69, 9.17) is 14.9 Å². The van der Waals surface area contributed by atoms with Crippen LogP contribution in [0.15, 0.2) is 22.6 Å². The highest BCUT2D eigenvalue weighted by Crippen LogP contribution is 2.38. The van der Waals surface area contributed by atoms with Gasteiger partial charge in [-0.2, -0.15) is 4.98 Å². The van der Waals surface area contributed by atoms with Crippen LogP contribution in [0, 0.1) is 0 Å². The van der Waals surface area contributed by atoms with Crippen molar-refractivity contribution in [2.45, 2.75) is 24.9 Å². The van der Waals surface area contributed by atoms with Crippen LogP contribution in [0.25, 0.3) is 11.1 Å². The molecule has 110 valence electrons. The summed E-state index contributed by atoms with van der Waals surface area (Å²) in [7, 11) is 0. The Morgan fingerprint density at radius 2 is 2.05 bits per heavy atom. The second-order valence-electron chi connectivity index (χ2n) is 5.78. The van der Waals surface area contributed by atoms with Crippen molar-refractivity contribution in [3.63, 3.8) is 0 Å². The minimum atomic E-state index is -0.485. The molecule has 0 bridgehead atoms. The van der Waals surface area contributed by atoms with Crippen molar-refractivity contribution in [3.05, 3.63) is 23.8 Å². The first-order chi connectivity index (χ1) is 10.2. The van der Waals surface area contributed by atoms with Crippen molar-refractivity contribution in [2.24, 2.45) is 5.73 Å². The molecule has 2 N–H and O–H groups in total. The van der Waals surface area contributed by atoms with E-state index in [1.807, 2.05) is 0 Å². The summed E-state index contributed by atoms with van der Waals surface area (Å²) in [6.07, 6.45) is 3.14. The second-order valence-corrected chi connectivity index (χ2v) is 5.78. The van der Waals surface area contributed by atoms with E-state index in [0.717, 1.165) is 39.0 Å². The minimum absolute atomic E-state index is 0.0981. The van der Waals surface area contributed by atoms with Gasteiger partial charge in [0.15, 0.2) is 5.58 Å². The Labute approximate surface area is 121 Å². The van der Waals surface area contributed by atoms with Gasteiger partial charge in [0, 0.05) is 13.1 Å². The summed E-state index contributed by atoms with van der Waals surface area (Å²) in [5, 5.41) is 0. The van der Waals surface area contributed by atoms with E-state index in [-0.39, 0.29) is 5.60 Å². The molecule has 3 heterocycles. The molecule has 2 aliphatic rings. The van der Waals surface area contributed by atoms with E-state index >= 15 is 0 Å². The average Bonchev–Trinajstić information content (AvgIpc) is 2.89. The first-order valence-electron chi connectivity index (χ1n) is 7.25. The van der Waals surface area contributed by atoms with Crippen molar-refractivity contribution in [1.82, 2.24) is 4.98 Å². The standard InChI is InChI=1S/C15H17N3O3/c16-13(19)10-2-1-3-11-12(10)17-14(21-11)18-7-4-15(5-8-18)6-9-20-15/h1-3H,4-9H2,(H2,16,19). The van der Waals surface area contributed by atoms with E-state index in [1.165, 1.54) is 0 Å². The molecule has 21 heavy (non-hydrogen) atoms.